The van der Waals surface area contributed by atoms with E-state index in [1.54, 1.807) is 48.7 Å². The minimum Gasteiger partial charge on any atom is -0.379 e. The van der Waals surface area contributed by atoms with Crippen molar-refractivity contribution in [1.29, 1.82) is 0 Å². The number of rotatable bonds is 50. The lowest BCUT2D eigenvalue weighted by Gasteiger charge is -2.32. The predicted molar refractivity (Wildman–Crippen MR) is 336 cm³/mol. The fourth-order valence-electron chi connectivity index (χ4n) is 9.19. The van der Waals surface area contributed by atoms with Crippen LogP contribution in [0, 0.1) is 11.8 Å². The summed E-state index contributed by atoms with van der Waals surface area (Å²) in [6.07, 6.45) is 4.17. The van der Waals surface area contributed by atoms with Crippen LogP contribution in [-0.2, 0) is 71.7 Å². The summed E-state index contributed by atoms with van der Waals surface area (Å²) in [6.45, 7) is 14.9. The highest BCUT2D eigenvalue weighted by atomic mass is 16.5. The zero-order chi connectivity index (χ0) is 67.7. The van der Waals surface area contributed by atoms with Gasteiger partial charge in [0.15, 0.2) is 0 Å². The van der Waals surface area contributed by atoms with Crippen LogP contribution in [-0.4, -0.2) is 223 Å². The molecule has 11 atom stereocenters. The van der Waals surface area contributed by atoms with Crippen LogP contribution in [0.3, 0.4) is 0 Å². The molecule has 1 heterocycles. The zero-order valence-corrected chi connectivity index (χ0v) is 54.7. The van der Waals surface area contributed by atoms with E-state index < -0.39 is 131 Å². The van der Waals surface area contributed by atoms with E-state index in [4.69, 9.17) is 37.1 Å². The maximum absolute atomic E-state index is 13.9. The number of primary amides is 2. The Morgan fingerprint density at radius 3 is 1.29 bits per heavy atom. The van der Waals surface area contributed by atoms with E-state index in [-0.39, 0.29) is 96.6 Å². The average Bonchev–Trinajstić information content (AvgIpc) is 1.89. The Bertz CT molecular complexity index is 2250. The number of hydrogen-bond donors (Lipinski definition) is 15. The number of ether oxygens (including phenoxy) is 3. The Morgan fingerprint density at radius 1 is 0.467 bits per heavy atom. The van der Waals surface area contributed by atoms with Gasteiger partial charge in [0.2, 0.25) is 70.9 Å². The molecule has 0 radical (unpaired) electrons. The van der Waals surface area contributed by atoms with E-state index >= 15 is 0 Å². The minimum atomic E-state index is -1.35. The summed E-state index contributed by atoms with van der Waals surface area (Å²) in [4.78, 5) is 159. The highest BCUT2D eigenvalue weighted by Gasteiger charge is 2.41. The fourth-order valence-corrected chi connectivity index (χ4v) is 9.19. The van der Waals surface area contributed by atoms with Crippen molar-refractivity contribution in [2.24, 2.45) is 34.8 Å². The second-order valence-electron chi connectivity index (χ2n) is 23.0. The van der Waals surface area contributed by atoms with Crippen LogP contribution >= 0.6 is 0 Å². The Balaban J connectivity index is 2.72. The first-order valence-electron chi connectivity index (χ1n) is 31.8. The third-order valence-electron chi connectivity index (χ3n) is 15.3. The third kappa shape index (κ3) is 32.4. The van der Waals surface area contributed by atoms with Gasteiger partial charge in [0.05, 0.1) is 38.5 Å². The monoisotopic (exact) mass is 1280 g/mol. The maximum atomic E-state index is 13.9. The number of unbranched alkanes of at least 4 members (excludes halogenated alkanes) is 2. The summed E-state index contributed by atoms with van der Waals surface area (Å²) in [5.41, 5.74) is 22.1. The van der Waals surface area contributed by atoms with Crippen LogP contribution in [0.15, 0.2) is 0 Å². The fraction of sp³-hybridized carbons (Fsp3) is 0.797. The summed E-state index contributed by atoms with van der Waals surface area (Å²) >= 11 is 0. The molecule has 90 heavy (non-hydrogen) atoms. The van der Waals surface area contributed by atoms with Crippen molar-refractivity contribution in [3.8, 4) is 0 Å². The van der Waals surface area contributed by atoms with E-state index in [1.165, 1.54) is 11.8 Å². The minimum absolute atomic E-state index is 0.0433. The summed E-state index contributed by atoms with van der Waals surface area (Å²) in [5.74, 6) is -7.73. The first kappa shape index (κ1) is 81.4. The van der Waals surface area contributed by atoms with Gasteiger partial charge in [0, 0.05) is 45.7 Å². The van der Waals surface area contributed by atoms with Gasteiger partial charge in [-0.05, 0) is 137 Å². The molecule has 0 spiro atoms. The highest BCUT2D eigenvalue weighted by molar-refractivity contribution is 5.98. The van der Waals surface area contributed by atoms with Crippen molar-refractivity contribution < 1.29 is 71.7 Å². The molecule has 0 aliphatic carbocycles. The molecule has 1 aliphatic rings. The van der Waals surface area contributed by atoms with Crippen LogP contribution in [0.2, 0.25) is 0 Å². The van der Waals surface area contributed by atoms with Crippen LogP contribution in [0.1, 0.15) is 145 Å². The molecule has 0 aromatic heterocycles. The third-order valence-corrected chi connectivity index (χ3v) is 15.3. The van der Waals surface area contributed by atoms with Crippen molar-refractivity contribution in [2.45, 2.75) is 205 Å². The van der Waals surface area contributed by atoms with Gasteiger partial charge in [0.25, 0.3) is 0 Å². The molecule has 31 nitrogen and oxygen atoms in total. The van der Waals surface area contributed by atoms with Gasteiger partial charge in [-0.15, -0.1) is 0 Å². The smallest absolute Gasteiger partial charge is 0.246 e. The number of hydrogen-bond acceptors (Lipinski definition) is 19. The van der Waals surface area contributed by atoms with E-state index in [1.807, 2.05) is 6.92 Å². The van der Waals surface area contributed by atoms with E-state index in [0.717, 1.165) is 0 Å². The molecule has 0 saturated carbocycles. The number of carbonyl (C=O) groups is 12. The van der Waals surface area contributed by atoms with Crippen molar-refractivity contribution >= 4 is 70.9 Å². The number of likely N-dealkylation sites (N-methyl/N-ethyl adjacent to an activating group) is 2. The molecule has 12 amide bonds. The van der Waals surface area contributed by atoms with Gasteiger partial charge in [-0.2, -0.15) is 0 Å². The van der Waals surface area contributed by atoms with Gasteiger partial charge in [-0.3, -0.25) is 57.5 Å². The second kappa shape index (κ2) is 46.4. The summed E-state index contributed by atoms with van der Waals surface area (Å²) in [5, 5.41) is 30.1. The quantitative estimate of drug-likeness (QED) is 0.0259. The summed E-state index contributed by atoms with van der Waals surface area (Å²) in [7, 11) is 3.21. The Kier molecular flexibility index (Phi) is 42.0. The van der Waals surface area contributed by atoms with Crippen LogP contribution < -0.4 is 81.4 Å². The molecule has 0 bridgehead atoms. The van der Waals surface area contributed by atoms with Gasteiger partial charge in [-0.25, -0.2) is 0 Å². The van der Waals surface area contributed by atoms with Crippen LogP contribution in [0.4, 0.5) is 0 Å². The standard InChI is InChI=1S/C59H110N16O15/c1-10-37(4)49(74-57(85)45-20-15-29-75(45)59(87)48(36(2)3)73-51(79)39(6)65-9)58(86)68-40(7)52(80)70-44(22-24-47(63)77)56(84)72-42(19-12-14-26-61)54(82)67-28-17-31-89-33-35-90-34-32-88-30-16-27-66-53(81)41(18-11-13-25-60)71-55(83)43(21-23-46(62)76)69-50(78)38(5)64-8/h36-45,48-49,64-65H,10-35,60-61H2,1-9H3,(H2,62,76)(H2,63,77)(H,66,81)(H,67,82)(H,68,86)(H,69,78)(H,70,80)(H,71,83)(H,72,84)(H,73,79)(H,74,85)/t37-,38-,39-,40-,41-,42-,43-,44-,45-,48?,49?/m0/s1. The van der Waals surface area contributed by atoms with E-state index in [9.17, 15) is 57.5 Å². The largest absolute Gasteiger partial charge is 0.379 e. The number of nitrogens with two attached hydrogens (primary N) is 4. The molecule has 1 saturated heterocycles. The highest BCUT2D eigenvalue weighted by Crippen LogP contribution is 2.22. The lowest BCUT2D eigenvalue weighted by molar-refractivity contribution is -0.143. The molecule has 31 heteroatoms. The molecular formula is C59H110N16O15. The SMILES string of the molecule is CC[C@H](C)C(NC(=O)[C@@H]1CCCN1C(=O)C(NC(=O)[C@H](C)NC)C(C)C)C(=O)N[C@@H](C)C(=O)N[C@@H](CCC(N)=O)C(=O)N[C@@H](CCCCN)C(=O)NCCCOCCOCCOCCCNC(=O)[C@H](CCCCN)NC(=O)[C@H](CCC(N)=O)NC(=O)[C@H](C)NC. The van der Waals surface area contributed by atoms with E-state index in [2.05, 4.69) is 58.5 Å². The maximum Gasteiger partial charge on any atom is 0.246 e. The number of nitrogens with zero attached hydrogens (tertiary/aromatic N) is 1. The van der Waals surface area contributed by atoms with Crippen LogP contribution in [0.25, 0.3) is 0 Å². The number of likely N-dealkylation sites (tertiary alicyclic amines) is 1. The molecule has 1 rings (SSSR count). The van der Waals surface area contributed by atoms with Crippen molar-refractivity contribution in [3.05, 3.63) is 0 Å². The molecule has 516 valence electrons. The second-order valence-corrected chi connectivity index (χ2v) is 23.0. The molecule has 1 aliphatic heterocycles. The normalized spacial score (nSPS) is 16.3. The number of carbonyl (C=O) groups excluding carboxylic acids is 12. The molecule has 0 aromatic rings. The number of amides is 12. The first-order chi connectivity index (χ1) is 42.8. The molecule has 0 aromatic carbocycles. The van der Waals surface area contributed by atoms with Crippen molar-refractivity contribution in [3.63, 3.8) is 0 Å². The summed E-state index contributed by atoms with van der Waals surface area (Å²) < 4.78 is 16.9. The topological polar surface area (TPSA) is 472 Å². The molecule has 1 fully saturated rings. The Labute approximate surface area is 530 Å². The van der Waals surface area contributed by atoms with Crippen molar-refractivity contribution in [1.82, 2.24) is 63.4 Å². The van der Waals surface area contributed by atoms with Gasteiger partial charge >= 0.3 is 0 Å². The molecule has 19 N–H and O–H groups in total. The average molecular weight is 1280 g/mol. The van der Waals surface area contributed by atoms with E-state index in [0.29, 0.717) is 83.9 Å². The molecule has 2 unspecified atom stereocenters. The Morgan fingerprint density at radius 2 is 0.878 bits per heavy atom. The van der Waals surface area contributed by atoms with Crippen LogP contribution in [0.5, 0.6) is 0 Å². The van der Waals surface area contributed by atoms with Gasteiger partial charge in [0.1, 0.15) is 48.3 Å². The predicted octanol–water partition coefficient (Wildman–Crippen LogP) is -3.84. The lowest BCUT2D eigenvalue weighted by Crippen LogP contribution is -2.60. The zero-order valence-electron chi connectivity index (χ0n) is 54.7. The lowest BCUT2D eigenvalue weighted by atomic mass is 9.97. The molecular weight excluding hydrogens is 1170 g/mol. The first-order valence-corrected chi connectivity index (χ1v) is 31.8. The van der Waals surface area contributed by atoms with Gasteiger partial charge in [-0.1, -0.05) is 34.1 Å². The van der Waals surface area contributed by atoms with Gasteiger partial charge < -0.3 is 101 Å². The Hall–Kier alpha value is -6.64. The van der Waals surface area contributed by atoms with Crippen molar-refractivity contribution in [2.75, 3.05) is 86.5 Å². The summed E-state index contributed by atoms with van der Waals surface area (Å²) in [6, 6.07) is -9.79. The number of nitrogens with one attached hydrogen (secondary N) is 11.